The predicted molar refractivity (Wildman–Crippen MR) is 178 cm³/mol. The molecule has 0 aliphatic carbocycles. The SMILES string of the molecule is FC(F)(F)C1(c2ccc(-c3ccc(C(c4ccc(-c5ccc(C6(C(F)(F)F)C=CC=CN=N6)cc5)cc4)(C(F)(F)F)C(F)(F)F)cc3)cc2)C=CC=CN=N1. The van der Waals surface area contributed by atoms with E-state index >= 15 is 0 Å². The van der Waals surface area contributed by atoms with Crippen LogP contribution in [-0.4, -0.2) is 24.7 Å². The van der Waals surface area contributed by atoms with Gasteiger partial charge in [-0.05, 0) is 68.8 Å². The van der Waals surface area contributed by atoms with E-state index in [0.29, 0.717) is 24.3 Å². The van der Waals surface area contributed by atoms with Crippen LogP contribution in [0.3, 0.4) is 0 Å². The minimum Gasteiger partial charge on any atom is -0.169 e. The Morgan fingerprint density at radius 2 is 0.655 bits per heavy atom. The molecule has 2 atom stereocenters. The topological polar surface area (TPSA) is 49.4 Å². The molecule has 0 amide bonds. The van der Waals surface area contributed by atoms with E-state index in [1.54, 1.807) is 0 Å². The van der Waals surface area contributed by atoms with Gasteiger partial charge in [0.25, 0.3) is 0 Å². The second kappa shape index (κ2) is 13.8. The average molecular weight is 777 g/mol. The van der Waals surface area contributed by atoms with Crippen LogP contribution in [0.25, 0.3) is 22.3 Å². The summed E-state index contributed by atoms with van der Waals surface area (Å²) in [5.74, 6) is 0. The molecule has 2 unspecified atom stereocenters. The lowest BCUT2D eigenvalue weighted by atomic mass is 9.72. The van der Waals surface area contributed by atoms with Gasteiger partial charge in [0, 0.05) is 12.4 Å². The maximum atomic E-state index is 14.9. The summed E-state index contributed by atoms with van der Waals surface area (Å²) in [5.41, 5.74) is -12.6. The summed E-state index contributed by atoms with van der Waals surface area (Å²) in [6.07, 6.45) is -13.2. The average Bonchev–Trinajstić information content (AvgIpc) is 3.55. The van der Waals surface area contributed by atoms with Gasteiger partial charge in [0.1, 0.15) is 0 Å². The van der Waals surface area contributed by atoms with Crippen LogP contribution in [0, 0.1) is 0 Å². The summed E-state index contributed by atoms with van der Waals surface area (Å²) in [6, 6.07) is 15.8. The first-order chi connectivity index (χ1) is 25.8. The van der Waals surface area contributed by atoms with Gasteiger partial charge in [-0.25, -0.2) is 0 Å². The molecule has 0 fully saturated rings. The predicted octanol–water partition coefficient (Wildman–Crippen LogP) is 13.0. The molecule has 284 valence electrons. The zero-order chi connectivity index (χ0) is 39.9. The largest absolute Gasteiger partial charge is 0.423 e. The fourth-order valence-corrected chi connectivity index (χ4v) is 6.46. The van der Waals surface area contributed by atoms with Crippen LogP contribution in [0.1, 0.15) is 22.3 Å². The van der Waals surface area contributed by atoms with Gasteiger partial charge in [-0.15, -0.1) is 0 Å². The number of alkyl halides is 12. The van der Waals surface area contributed by atoms with Crippen molar-refractivity contribution >= 4 is 0 Å². The molecule has 0 spiro atoms. The Balaban J connectivity index is 1.34. The van der Waals surface area contributed by atoms with E-state index in [4.69, 9.17) is 0 Å². The molecule has 6 rings (SSSR count). The minimum atomic E-state index is -5.93. The van der Waals surface area contributed by atoms with Gasteiger partial charge in [-0.2, -0.15) is 73.1 Å². The molecule has 16 heteroatoms. The quantitative estimate of drug-likeness (QED) is 0.175. The summed E-state index contributed by atoms with van der Waals surface area (Å²) in [7, 11) is 0. The van der Waals surface area contributed by atoms with Gasteiger partial charge in [0.15, 0.2) is 0 Å². The van der Waals surface area contributed by atoms with E-state index in [1.165, 1.54) is 36.4 Å². The molecule has 55 heavy (non-hydrogen) atoms. The zero-order valence-electron chi connectivity index (χ0n) is 27.7. The maximum Gasteiger partial charge on any atom is 0.423 e. The Morgan fingerprint density at radius 1 is 0.364 bits per heavy atom. The van der Waals surface area contributed by atoms with Crippen LogP contribution in [0.2, 0.25) is 0 Å². The van der Waals surface area contributed by atoms with Gasteiger partial charge in [0.05, 0.1) is 0 Å². The second-order valence-corrected chi connectivity index (χ2v) is 12.4. The first-order valence-electron chi connectivity index (χ1n) is 16.0. The first-order valence-corrected chi connectivity index (χ1v) is 16.0. The number of benzene rings is 4. The Morgan fingerprint density at radius 3 is 0.927 bits per heavy atom. The molecule has 0 bridgehead atoms. The van der Waals surface area contributed by atoms with Crippen LogP contribution in [0.4, 0.5) is 52.7 Å². The van der Waals surface area contributed by atoms with Gasteiger partial charge in [-0.3, -0.25) is 0 Å². The Labute approximate surface area is 304 Å². The van der Waals surface area contributed by atoms with E-state index in [-0.39, 0.29) is 33.4 Å². The van der Waals surface area contributed by atoms with Crippen molar-refractivity contribution in [2.24, 2.45) is 20.5 Å². The summed E-state index contributed by atoms with van der Waals surface area (Å²) in [5, 5.41) is 13.7. The summed E-state index contributed by atoms with van der Waals surface area (Å²) < 4.78 is 174. The molecule has 4 aromatic carbocycles. The molecule has 0 radical (unpaired) electrons. The van der Waals surface area contributed by atoms with E-state index in [1.807, 2.05) is 0 Å². The molecule has 2 aliphatic rings. The lowest BCUT2D eigenvalue weighted by Crippen LogP contribution is -2.54. The number of rotatable bonds is 6. The van der Waals surface area contributed by atoms with Gasteiger partial charge >= 0.3 is 24.7 Å². The molecule has 4 aromatic rings. The van der Waals surface area contributed by atoms with Gasteiger partial charge in [-0.1, -0.05) is 109 Å². The summed E-state index contributed by atoms with van der Waals surface area (Å²) in [4.78, 5) is 0. The molecular weight excluding hydrogens is 752 g/mol. The number of nitrogens with zero attached hydrogens (tertiary/aromatic N) is 4. The van der Waals surface area contributed by atoms with Gasteiger partial charge < -0.3 is 0 Å². The smallest absolute Gasteiger partial charge is 0.169 e. The third-order valence-electron chi connectivity index (χ3n) is 9.30. The third kappa shape index (κ3) is 6.67. The van der Waals surface area contributed by atoms with E-state index in [0.717, 1.165) is 85.2 Å². The molecule has 0 N–H and O–H groups in total. The molecule has 0 saturated heterocycles. The van der Waals surface area contributed by atoms with E-state index in [2.05, 4.69) is 20.5 Å². The second-order valence-electron chi connectivity index (χ2n) is 12.4. The number of hydrogen-bond acceptors (Lipinski definition) is 4. The van der Waals surface area contributed by atoms with Crippen molar-refractivity contribution < 1.29 is 52.7 Å². The van der Waals surface area contributed by atoms with Crippen LogP contribution in [0.15, 0.2) is 166 Å². The number of halogens is 12. The minimum absolute atomic E-state index is 0.109. The molecule has 0 saturated carbocycles. The maximum absolute atomic E-state index is 14.9. The van der Waals surface area contributed by atoms with Crippen molar-refractivity contribution in [1.82, 2.24) is 0 Å². The molecule has 2 aliphatic heterocycles. The highest BCUT2D eigenvalue weighted by Gasteiger charge is 2.72. The Hall–Kier alpha value is -5.80. The van der Waals surface area contributed by atoms with Crippen molar-refractivity contribution in [2.75, 3.05) is 0 Å². The number of allylic oxidation sites excluding steroid dienone is 4. The van der Waals surface area contributed by atoms with Crippen molar-refractivity contribution in [3.05, 3.63) is 168 Å². The van der Waals surface area contributed by atoms with Crippen LogP contribution >= 0.6 is 0 Å². The fourth-order valence-electron chi connectivity index (χ4n) is 6.46. The molecule has 0 aromatic heterocycles. The normalized spacial score (nSPS) is 20.4. The van der Waals surface area contributed by atoms with Crippen molar-refractivity contribution in [3.63, 3.8) is 0 Å². The Kier molecular flexibility index (Phi) is 9.77. The van der Waals surface area contributed by atoms with Crippen molar-refractivity contribution in [2.45, 2.75) is 41.2 Å². The van der Waals surface area contributed by atoms with Crippen LogP contribution in [-0.2, 0) is 16.5 Å². The highest BCUT2D eigenvalue weighted by Crippen LogP contribution is 2.56. The Bertz CT molecular complexity index is 1990. The first kappa shape index (κ1) is 38.9. The van der Waals surface area contributed by atoms with Crippen LogP contribution in [0.5, 0.6) is 0 Å². The summed E-state index contributed by atoms with van der Waals surface area (Å²) >= 11 is 0. The fraction of sp³-hybridized carbons (Fsp3) is 0.179. The zero-order valence-corrected chi connectivity index (χ0v) is 27.7. The lowest BCUT2D eigenvalue weighted by Gasteiger charge is -2.38. The monoisotopic (exact) mass is 776 g/mol. The number of azo groups is 2. The van der Waals surface area contributed by atoms with Crippen molar-refractivity contribution in [1.29, 1.82) is 0 Å². The van der Waals surface area contributed by atoms with Gasteiger partial charge in [0.2, 0.25) is 16.5 Å². The number of hydrogen-bond donors (Lipinski definition) is 0. The van der Waals surface area contributed by atoms with E-state index in [9.17, 15) is 52.7 Å². The van der Waals surface area contributed by atoms with E-state index < -0.39 is 52.3 Å². The highest BCUT2D eigenvalue weighted by atomic mass is 19.4. The molecular formula is C39H24F12N4. The van der Waals surface area contributed by atoms with Crippen molar-refractivity contribution in [3.8, 4) is 22.3 Å². The molecule has 2 heterocycles. The standard InChI is InChI=1S/C39H24F12N4/c40-36(41,42)33(21-1-3-23-52-54-33)29-13-5-25(6-14-29)27-9-17-31(18-10-27)35(38(46,47)48,39(49,50)51)32-19-11-28(12-20-32)26-7-15-30(16-8-26)34(37(43,44)45)22-2-4-24-53-55-34/h1-24H. The molecule has 4 nitrogen and oxygen atoms in total. The summed E-state index contributed by atoms with van der Waals surface area (Å²) in [6.45, 7) is 0. The highest BCUT2D eigenvalue weighted by molar-refractivity contribution is 5.67. The third-order valence-corrected chi connectivity index (χ3v) is 9.30. The van der Waals surface area contributed by atoms with Crippen LogP contribution < -0.4 is 0 Å². The lowest BCUT2D eigenvalue weighted by molar-refractivity contribution is -0.288.